The maximum absolute atomic E-state index is 12.3. The van der Waals surface area contributed by atoms with Crippen molar-refractivity contribution in [3.8, 4) is 11.5 Å². The van der Waals surface area contributed by atoms with Crippen LogP contribution >= 0.6 is 0 Å². The summed E-state index contributed by atoms with van der Waals surface area (Å²) in [7, 11) is 1.59. The van der Waals surface area contributed by atoms with Crippen LogP contribution in [-0.4, -0.2) is 28.7 Å². The highest BCUT2D eigenvalue weighted by molar-refractivity contribution is 6.06. The molecule has 2 aromatic carbocycles. The van der Waals surface area contributed by atoms with E-state index in [0.717, 1.165) is 16.9 Å². The van der Waals surface area contributed by atoms with E-state index in [1.54, 1.807) is 19.4 Å². The van der Waals surface area contributed by atoms with Gasteiger partial charge in [0.25, 0.3) is 5.91 Å². The van der Waals surface area contributed by atoms with Crippen molar-refractivity contribution in [2.45, 2.75) is 20.1 Å². The van der Waals surface area contributed by atoms with Gasteiger partial charge in [0, 0.05) is 24.4 Å². The van der Waals surface area contributed by atoms with E-state index in [1.807, 2.05) is 55.5 Å². The number of ether oxygens (including phenoxy) is 2. The van der Waals surface area contributed by atoms with Crippen LogP contribution in [0.25, 0.3) is 6.08 Å². The molecule has 0 saturated carbocycles. The van der Waals surface area contributed by atoms with E-state index in [4.69, 9.17) is 15.2 Å². The van der Waals surface area contributed by atoms with E-state index in [2.05, 4.69) is 10.4 Å². The molecular formula is C23H24N4O4. The van der Waals surface area contributed by atoms with E-state index < -0.39 is 11.8 Å². The number of amides is 2. The van der Waals surface area contributed by atoms with Gasteiger partial charge in [-0.3, -0.25) is 14.3 Å². The first-order valence-corrected chi connectivity index (χ1v) is 9.71. The summed E-state index contributed by atoms with van der Waals surface area (Å²) < 4.78 is 12.7. The van der Waals surface area contributed by atoms with Crippen LogP contribution < -0.4 is 20.5 Å². The van der Waals surface area contributed by atoms with E-state index in [-0.39, 0.29) is 11.4 Å². The van der Waals surface area contributed by atoms with Crippen molar-refractivity contribution in [1.29, 1.82) is 0 Å². The summed E-state index contributed by atoms with van der Waals surface area (Å²) in [6.45, 7) is 2.73. The highest BCUT2D eigenvalue weighted by atomic mass is 16.5. The summed E-state index contributed by atoms with van der Waals surface area (Å²) in [5.41, 5.74) is 7.26. The van der Waals surface area contributed by atoms with Gasteiger partial charge < -0.3 is 20.5 Å². The number of hydrogen-bond donors (Lipinski definition) is 2. The van der Waals surface area contributed by atoms with Crippen molar-refractivity contribution >= 4 is 23.6 Å². The fourth-order valence-corrected chi connectivity index (χ4v) is 2.90. The Bertz CT molecular complexity index is 1090. The minimum Gasteiger partial charge on any atom is -0.496 e. The third kappa shape index (κ3) is 5.72. The number of aromatic nitrogens is 2. The molecule has 1 heterocycles. The molecule has 8 nitrogen and oxygen atoms in total. The largest absolute Gasteiger partial charge is 0.496 e. The molecule has 0 spiro atoms. The number of carbonyl (C=O) groups excluding carboxylic acids is 2. The Balaban J connectivity index is 1.71. The number of methoxy groups -OCH3 is 1. The molecule has 0 aliphatic heterocycles. The topological polar surface area (TPSA) is 108 Å². The number of nitrogens with one attached hydrogen (secondary N) is 1. The molecule has 0 fully saturated rings. The van der Waals surface area contributed by atoms with E-state index in [0.29, 0.717) is 18.9 Å². The molecular weight excluding hydrogens is 396 g/mol. The summed E-state index contributed by atoms with van der Waals surface area (Å²) in [5, 5.41) is 6.69. The van der Waals surface area contributed by atoms with Crippen LogP contribution in [0.4, 0.5) is 5.69 Å². The van der Waals surface area contributed by atoms with E-state index in [9.17, 15) is 9.59 Å². The molecule has 3 rings (SSSR count). The fourth-order valence-electron chi connectivity index (χ4n) is 2.90. The number of benzene rings is 2. The Kier molecular flexibility index (Phi) is 7.05. The molecule has 0 saturated heterocycles. The standard InChI is InChI=1S/C23H24N4O4/c1-3-27-14-19(22(26-27)23(24)29)25-21(28)12-10-16-9-11-20(30-2)17(13-16)15-31-18-7-5-4-6-8-18/h4-14H,3,15H2,1-2H3,(H2,24,29)(H,25,28)/b12-10+. The Morgan fingerprint density at radius 1 is 1.19 bits per heavy atom. The SMILES string of the molecule is CCn1cc(NC(=O)/C=C/c2ccc(OC)c(COc3ccccc3)c2)c(C(N)=O)n1. The zero-order chi connectivity index (χ0) is 22.2. The molecule has 0 radical (unpaired) electrons. The van der Waals surface area contributed by atoms with Crippen molar-refractivity contribution in [1.82, 2.24) is 9.78 Å². The van der Waals surface area contributed by atoms with Gasteiger partial charge in [-0.2, -0.15) is 5.10 Å². The fraction of sp³-hybridized carbons (Fsp3) is 0.174. The lowest BCUT2D eigenvalue weighted by Gasteiger charge is -2.11. The number of rotatable bonds is 9. The van der Waals surface area contributed by atoms with Crippen molar-refractivity contribution in [3.63, 3.8) is 0 Å². The first-order chi connectivity index (χ1) is 15.0. The van der Waals surface area contributed by atoms with Crippen molar-refractivity contribution in [3.05, 3.63) is 77.6 Å². The Hall–Kier alpha value is -4.07. The Morgan fingerprint density at radius 3 is 2.65 bits per heavy atom. The molecule has 8 heteroatoms. The number of nitrogens with two attached hydrogens (primary N) is 1. The van der Waals surface area contributed by atoms with Gasteiger partial charge in [-0.25, -0.2) is 0 Å². The zero-order valence-corrected chi connectivity index (χ0v) is 17.4. The minimum atomic E-state index is -0.704. The van der Waals surface area contributed by atoms with Gasteiger partial charge in [0.2, 0.25) is 5.91 Å². The predicted octanol–water partition coefficient (Wildman–Crippen LogP) is 3.24. The van der Waals surface area contributed by atoms with E-state index in [1.165, 1.54) is 10.8 Å². The van der Waals surface area contributed by atoms with Crippen LogP contribution in [-0.2, 0) is 17.9 Å². The van der Waals surface area contributed by atoms with Crippen LogP contribution in [0.3, 0.4) is 0 Å². The van der Waals surface area contributed by atoms with Crippen LogP contribution in [0.15, 0.2) is 60.8 Å². The molecule has 0 aliphatic rings. The molecule has 160 valence electrons. The first kappa shape index (κ1) is 21.6. The molecule has 3 N–H and O–H groups in total. The number of para-hydroxylation sites is 1. The second kappa shape index (κ2) is 10.1. The first-order valence-electron chi connectivity index (χ1n) is 9.71. The molecule has 0 bridgehead atoms. The summed E-state index contributed by atoms with van der Waals surface area (Å²) in [5.74, 6) is 0.333. The molecule has 0 aliphatic carbocycles. The summed E-state index contributed by atoms with van der Waals surface area (Å²) in [6.07, 6.45) is 4.60. The normalized spacial score (nSPS) is 10.8. The molecule has 2 amide bonds. The summed E-state index contributed by atoms with van der Waals surface area (Å²) in [6, 6.07) is 15.0. The molecule has 0 atom stereocenters. The number of carbonyl (C=O) groups is 2. The minimum absolute atomic E-state index is 0.0217. The Morgan fingerprint density at radius 2 is 1.97 bits per heavy atom. The lowest BCUT2D eigenvalue weighted by Crippen LogP contribution is -2.16. The number of anilines is 1. The smallest absolute Gasteiger partial charge is 0.271 e. The quantitative estimate of drug-likeness (QED) is 0.517. The molecule has 0 unspecified atom stereocenters. The molecule has 31 heavy (non-hydrogen) atoms. The van der Waals surface area contributed by atoms with Crippen LogP contribution in [0.1, 0.15) is 28.5 Å². The second-order valence-electron chi connectivity index (χ2n) is 6.61. The Labute approximate surface area is 180 Å². The number of aryl methyl sites for hydroxylation is 1. The third-order valence-electron chi connectivity index (χ3n) is 4.45. The van der Waals surface area contributed by atoms with Crippen molar-refractivity contribution in [2.24, 2.45) is 5.73 Å². The predicted molar refractivity (Wildman–Crippen MR) is 118 cm³/mol. The lowest BCUT2D eigenvalue weighted by molar-refractivity contribution is -0.111. The maximum atomic E-state index is 12.3. The van der Waals surface area contributed by atoms with Gasteiger partial charge in [-0.15, -0.1) is 0 Å². The third-order valence-corrected chi connectivity index (χ3v) is 4.45. The molecule has 3 aromatic rings. The number of hydrogen-bond acceptors (Lipinski definition) is 5. The van der Waals surface area contributed by atoms with Crippen LogP contribution in [0.2, 0.25) is 0 Å². The van der Waals surface area contributed by atoms with E-state index >= 15 is 0 Å². The van der Waals surface area contributed by atoms with Gasteiger partial charge in [0.15, 0.2) is 5.69 Å². The lowest BCUT2D eigenvalue weighted by atomic mass is 10.1. The van der Waals surface area contributed by atoms with Crippen molar-refractivity contribution in [2.75, 3.05) is 12.4 Å². The van der Waals surface area contributed by atoms with Gasteiger partial charge in [-0.05, 0) is 42.8 Å². The summed E-state index contributed by atoms with van der Waals surface area (Å²) in [4.78, 5) is 23.9. The monoisotopic (exact) mass is 420 g/mol. The zero-order valence-electron chi connectivity index (χ0n) is 17.4. The maximum Gasteiger partial charge on any atom is 0.271 e. The average Bonchev–Trinajstić information content (AvgIpc) is 3.20. The van der Waals surface area contributed by atoms with Crippen LogP contribution in [0.5, 0.6) is 11.5 Å². The number of nitrogens with zero attached hydrogens (tertiary/aromatic N) is 2. The second-order valence-corrected chi connectivity index (χ2v) is 6.61. The van der Waals surface area contributed by atoms with Gasteiger partial charge >= 0.3 is 0 Å². The summed E-state index contributed by atoms with van der Waals surface area (Å²) >= 11 is 0. The number of primary amides is 1. The van der Waals surface area contributed by atoms with Crippen LogP contribution in [0, 0.1) is 0 Å². The van der Waals surface area contributed by atoms with Gasteiger partial charge in [0.05, 0.1) is 12.8 Å². The van der Waals surface area contributed by atoms with Gasteiger partial charge in [0.1, 0.15) is 18.1 Å². The van der Waals surface area contributed by atoms with Crippen molar-refractivity contribution < 1.29 is 19.1 Å². The highest BCUT2D eigenvalue weighted by Crippen LogP contribution is 2.23. The molecule has 1 aromatic heterocycles. The average molecular weight is 420 g/mol. The highest BCUT2D eigenvalue weighted by Gasteiger charge is 2.15. The van der Waals surface area contributed by atoms with Gasteiger partial charge in [-0.1, -0.05) is 24.3 Å².